The maximum Gasteiger partial charge on any atom is 0.0222 e. The molecule has 0 amide bonds. The van der Waals surface area contributed by atoms with Crippen molar-refractivity contribution in [3.05, 3.63) is 81.2 Å². The number of nitrogens with zero attached hydrogens (tertiary/aromatic N) is 1. The molecule has 0 saturated heterocycles. The Bertz CT molecular complexity index is 976. The number of fused-ring (bicyclic) bond motifs is 2. The van der Waals surface area contributed by atoms with Crippen molar-refractivity contribution < 1.29 is 0 Å². The second-order valence-electron chi connectivity index (χ2n) is 11.2. The fraction of sp³-hybridized carbons (Fsp3) is 0.600. The van der Waals surface area contributed by atoms with Crippen LogP contribution in [-0.2, 0) is 25.8 Å². The monoisotopic (exact) mass is 489 g/mol. The van der Waals surface area contributed by atoms with Gasteiger partial charge in [-0.1, -0.05) is 75.1 Å². The Morgan fingerprint density at radius 3 is 2.08 bits per heavy atom. The third kappa shape index (κ3) is 8.82. The molecule has 0 radical (unpaired) electrons. The lowest BCUT2D eigenvalue weighted by atomic mass is 10.0. The Hall–Kier alpha value is -2.02. The van der Waals surface area contributed by atoms with Gasteiger partial charge in [0.05, 0.1) is 0 Å². The van der Waals surface area contributed by atoms with Crippen LogP contribution in [0.2, 0.25) is 0 Å². The molecule has 0 saturated carbocycles. The van der Waals surface area contributed by atoms with E-state index in [9.17, 15) is 0 Å². The van der Waals surface area contributed by atoms with Gasteiger partial charge in [0.2, 0.25) is 0 Å². The molecule has 1 nitrogen and oxygen atoms in total. The molecule has 0 bridgehead atoms. The van der Waals surface area contributed by atoms with E-state index in [1.807, 2.05) is 0 Å². The molecule has 0 unspecified atom stereocenters. The minimum Gasteiger partial charge on any atom is -0.351 e. The normalized spacial score (nSPS) is 18.5. The standard InChI is InChI=1S/C12H16.C11H16.C10H15N.2CH4/c1-10-7-8-11-5-3-2-4-6-12(11)9-10;2*1-9-7-10-5-3-2-4-6-11(10)8-9;;/h7-9H,2-6H2,1H3;7H,2-6,8H2,1H3;7-8H,2-6H2,1H3;2*1H4. The van der Waals surface area contributed by atoms with E-state index >= 15 is 0 Å². The molecule has 1 aromatic heterocycles. The van der Waals surface area contributed by atoms with Gasteiger partial charge in [-0.05, 0) is 126 Å². The van der Waals surface area contributed by atoms with Crippen molar-refractivity contribution in [2.75, 3.05) is 0 Å². The van der Waals surface area contributed by atoms with E-state index < -0.39 is 0 Å². The topological polar surface area (TPSA) is 4.93 Å². The summed E-state index contributed by atoms with van der Waals surface area (Å²) in [6, 6.07) is 9.24. The van der Waals surface area contributed by atoms with Gasteiger partial charge < -0.3 is 4.57 Å². The van der Waals surface area contributed by atoms with Crippen molar-refractivity contribution in [3.8, 4) is 0 Å². The highest BCUT2D eigenvalue weighted by Gasteiger charge is 2.15. The molecular weight excluding hydrogens is 434 g/mol. The Morgan fingerprint density at radius 2 is 1.28 bits per heavy atom. The molecule has 1 heteroatoms. The van der Waals surface area contributed by atoms with E-state index in [-0.39, 0.29) is 14.9 Å². The van der Waals surface area contributed by atoms with Crippen LogP contribution >= 0.6 is 0 Å². The number of aryl methyl sites for hydroxylation is 6. The summed E-state index contributed by atoms with van der Waals surface area (Å²) in [4.78, 5) is 0. The largest absolute Gasteiger partial charge is 0.351 e. The first-order chi connectivity index (χ1) is 16.6. The van der Waals surface area contributed by atoms with Crippen LogP contribution in [0.3, 0.4) is 0 Å². The van der Waals surface area contributed by atoms with Crippen LogP contribution in [-0.4, -0.2) is 4.57 Å². The molecule has 0 atom stereocenters. The average Bonchev–Trinajstić information content (AvgIpc) is 3.07. The molecule has 2 aromatic rings. The molecule has 0 spiro atoms. The van der Waals surface area contributed by atoms with Gasteiger partial charge in [-0.2, -0.15) is 0 Å². The van der Waals surface area contributed by atoms with E-state index in [1.54, 1.807) is 33.5 Å². The number of allylic oxidation sites excluding steroid dienone is 4. The first-order valence-corrected chi connectivity index (χ1v) is 14.2. The molecule has 2 heterocycles. The Kier molecular flexibility index (Phi) is 12.8. The molecule has 3 aliphatic carbocycles. The van der Waals surface area contributed by atoms with Crippen LogP contribution in [0.1, 0.15) is 127 Å². The van der Waals surface area contributed by atoms with E-state index in [0.717, 1.165) is 0 Å². The van der Waals surface area contributed by atoms with Crippen molar-refractivity contribution in [3.63, 3.8) is 0 Å². The maximum absolute atomic E-state index is 2.42. The average molecular weight is 490 g/mol. The van der Waals surface area contributed by atoms with Crippen molar-refractivity contribution in [1.29, 1.82) is 0 Å². The van der Waals surface area contributed by atoms with Gasteiger partial charge in [0.25, 0.3) is 0 Å². The van der Waals surface area contributed by atoms with Gasteiger partial charge in [0.1, 0.15) is 0 Å². The first-order valence-electron chi connectivity index (χ1n) is 14.2. The van der Waals surface area contributed by atoms with Crippen LogP contribution in [0.25, 0.3) is 0 Å². The summed E-state index contributed by atoms with van der Waals surface area (Å²) < 4.78 is 2.42. The maximum atomic E-state index is 2.42. The molecule has 36 heavy (non-hydrogen) atoms. The zero-order chi connectivity index (χ0) is 23.8. The van der Waals surface area contributed by atoms with Crippen molar-refractivity contribution in [2.45, 2.75) is 138 Å². The zero-order valence-corrected chi connectivity index (χ0v) is 22.2. The summed E-state index contributed by atoms with van der Waals surface area (Å²) in [5, 5.41) is 0. The van der Waals surface area contributed by atoms with Crippen LogP contribution in [0.5, 0.6) is 0 Å². The predicted octanol–water partition coefficient (Wildman–Crippen LogP) is 10.7. The highest BCUT2D eigenvalue weighted by molar-refractivity contribution is 5.38. The minimum atomic E-state index is 0. The number of benzene rings is 1. The van der Waals surface area contributed by atoms with Crippen molar-refractivity contribution in [2.24, 2.45) is 0 Å². The van der Waals surface area contributed by atoms with E-state index in [4.69, 9.17) is 0 Å². The van der Waals surface area contributed by atoms with Gasteiger partial charge in [0.15, 0.2) is 0 Å². The highest BCUT2D eigenvalue weighted by Crippen LogP contribution is 2.34. The van der Waals surface area contributed by atoms with E-state index in [1.165, 1.54) is 114 Å². The molecule has 4 aliphatic rings. The van der Waals surface area contributed by atoms with Crippen molar-refractivity contribution >= 4 is 0 Å². The van der Waals surface area contributed by atoms with Gasteiger partial charge in [0, 0.05) is 18.4 Å². The predicted molar refractivity (Wildman–Crippen MR) is 161 cm³/mol. The highest BCUT2D eigenvalue weighted by atomic mass is 15.0. The third-order valence-electron chi connectivity index (χ3n) is 8.00. The molecule has 200 valence electrons. The Labute approximate surface area is 224 Å². The number of hydrogen-bond acceptors (Lipinski definition) is 0. The van der Waals surface area contributed by atoms with E-state index in [2.05, 4.69) is 61.9 Å². The lowest BCUT2D eigenvalue weighted by Crippen LogP contribution is -1.96. The lowest BCUT2D eigenvalue weighted by molar-refractivity contribution is 0.635. The second-order valence-corrected chi connectivity index (χ2v) is 11.2. The Balaban J connectivity index is 0.000000185. The summed E-state index contributed by atoms with van der Waals surface area (Å²) in [6.45, 7) is 7.87. The van der Waals surface area contributed by atoms with Crippen LogP contribution in [0.4, 0.5) is 0 Å². The number of rotatable bonds is 0. The summed E-state index contributed by atoms with van der Waals surface area (Å²) in [5.41, 5.74) is 12.6. The van der Waals surface area contributed by atoms with Crippen LogP contribution < -0.4 is 0 Å². The summed E-state index contributed by atoms with van der Waals surface area (Å²) in [6.07, 6.45) is 25.2. The molecule has 0 fully saturated rings. The summed E-state index contributed by atoms with van der Waals surface area (Å²) in [5.74, 6) is 0. The molecule has 1 aliphatic heterocycles. The quantitative estimate of drug-likeness (QED) is 0.324. The van der Waals surface area contributed by atoms with Gasteiger partial charge in [-0.15, -0.1) is 0 Å². The number of hydrogen-bond donors (Lipinski definition) is 0. The first kappa shape index (κ1) is 30.2. The van der Waals surface area contributed by atoms with Gasteiger partial charge in [-0.25, -0.2) is 0 Å². The SMILES string of the molecule is C.C.CC1=CC2=C(CCCCC2)C1.Cc1cc2n(c1)CCCCC2.Cc1ccc2c(c1)CCCCC2. The Morgan fingerprint density at radius 1 is 0.611 bits per heavy atom. The van der Waals surface area contributed by atoms with E-state index in [0.29, 0.717) is 0 Å². The molecule has 1 aromatic carbocycles. The van der Waals surface area contributed by atoms with Gasteiger partial charge in [-0.3, -0.25) is 0 Å². The summed E-state index contributed by atoms with van der Waals surface area (Å²) >= 11 is 0. The molecule has 6 rings (SSSR count). The minimum absolute atomic E-state index is 0. The smallest absolute Gasteiger partial charge is 0.0222 e. The third-order valence-corrected chi connectivity index (χ3v) is 8.00. The summed E-state index contributed by atoms with van der Waals surface area (Å²) in [7, 11) is 0. The second kappa shape index (κ2) is 15.3. The number of aromatic nitrogens is 1. The van der Waals surface area contributed by atoms with Crippen LogP contribution in [0.15, 0.2) is 53.3 Å². The van der Waals surface area contributed by atoms with Crippen LogP contribution in [0, 0.1) is 13.8 Å². The lowest BCUT2D eigenvalue weighted by Gasteiger charge is -2.05. The zero-order valence-electron chi connectivity index (χ0n) is 22.2. The van der Waals surface area contributed by atoms with Gasteiger partial charge >= 0.3 is 0 Å². The molecular formula is C35H55N. The van der Waals surface area contributed by atoms with Crippen molar-refractivity contribution in [1.82, 2.24) is 4.57 Å². The fourth-order valence-corrected chi connectivity index (χ4v) is 6.17. The fourth-order valence-electron chi connectivity index (χ4n) is 6.17. The molecule has 0 N–H and O–H groups in total.